The molecule has 1 atom stereocenters. The highest BCUT2D eigenvalue weighted by atomic mass is 16.6. The standard InChI is InChI=1S/C9H14O3/c1-3-9(6-12-9)5-4-7(2)8(10)11/h2-6H2,1H3,(H,10,11). The van der Waals surface area contributed by atoms with Crippen molar-refractivity contribution in [2.75, 3.05) is 6.61 Å². The molecule has 1 aliphatic rings. The number of hydrogen-bond acceptors (Lipinski definition) is 2. The van der Waals surface area contributed by atoms with Crippen molar-refractivity contribution in [3.05, 3.63) is 12.2 Å². The minimum absolute atomic E-state index is 0.0155. The van der Waals surface area contributed by atoms with Crippen molar-refractivity contribution in [2.24, 2.45) is 0 Å². The molecule has 3 nitrogen and oxygen atoms in total. The summed E-state index contributed by atoms with van der Waals surface area (Å²) >= 11 is 0. The van der Waals surface area contributed by atoms with Crippen LogP contribution in [0.4, 0.5) is 0 Å². The summed E-state index contributed by atoms with van der Waals surface area (Å²) in [5.41, 5.74) is 0.261. The average Bonchev–Trinajstić information content (AvgIpc) is 2.81. The van der Waals surface area contributed by atoms with E-state index >= 15 is 0 Å². The van der Waals surface area contributed by atoms with E-state index in [1.54, 1.807) is 0 Å². The molecule has 12 heavy (non-hydrogen) atoms. The molecule has 1 fully saturated rings. The Bertz CT molecular complexity index is 204. The van der Waals surface area contributed by atoms with E-state index in [-0.39, 0.29) is 11.2 Å². The highest BCUT2D eigenvalue weighted by Crippen LogP contribution is 2.36. The lowest BCUT2D eigenvalue weighted by Gasteiger charge is -2.07. The van der Waals surface area contributed by atoms with Gasteiger partial charge >= 0.3 is 5.97 Å². The highest BCUT2D eigenvalue weighted by Gasteiger charge is 2.42. The van der Waals surface area contributed by atoms with E-state index in [4.69, 9.17) is 9.84 Å². The smallest absolute Gasteiger partial charge is 0.330 e. The molecule has 3 heteroatoms. The summed E-state index contributed by atoms with van der Waals surface area (Å²) in [4.78, 5) is 10.4. The zero-order valence-corrected chi connectivity index (χ0v) is 7.30. The van der Waals surface area contributed by atoms with Gasteiger partial charge in [-0.1, -0.05) is 13.5 Å². The van der Waals surface area contributed by atoms with E-state index in [1.807, 2.05) is 0 Å². The molecule has 0 spiro atoms. The van der Waals surface area contributed by atoms with Gasteiger partial charge in [0.2, 0.25) is 0 Å². The van der Waals surface area contributed by atoms with Crippen LogP contribution in [0.3, 0.4) is 0 Å². The van der Waals surface area contributed by atoms with Crippen LogP contribution >= 0.6 is 0 Å². The third-order valence-corrected chi connectivity index (χ3v) is 2.38. The predicted molar refractivity (Wildman–Crippen MR) is 45.0 cm³/mol. The summed E-state index contributed by atoms with van der Waals surface area (Å²) in [6.45, 7) is 6.29. The topological polar surface area (TPSA) is 49.8 Å². The second kappa shape index (κ2) is 3.27. The van der Waals surface area contributed by atoms with Gasteiger partial charge in [0.25, 0.3) is 0 Å². The van der Waals surface area contributed by atoms with Crippen molar-refractivity contribution < 1.29 is 14.6 Å². The molecule has 0 radical (unpaired) electrons. The van der Waals surface area contributed by atoms with E-state index < -0.39 is 5.97 Å². The molecule has 0 saturated carbocycles. The van der Waals surface area contributed by atoms with Crippen LogP contribution in [-0.4, -0.2) is 23.3 Å². The number of ether oxygens (including phenoxy) is 1. The van der Waals surface area contributed by atoms with E-state index in [0.29, 0.717) is 6.42 Å². The first-order chi connectivity index (χ1) is 5.59. The fourth-order valence-electron chi connectivity index (χ4n) is 1.11. The summed E-state index contributed by atoms with van der Waals surface area (Å²) in [6, 6.07) is 0. The zero-order valence-electron chi connectivity index (χ0n) is 7.30. The second-order valence-electron chi connectivity index (χ2n) is 3.23. The average molecular weight is 170 g/mol. The quantitative estimate of drug-likeness (QED) is 0.503. The van der Waals surface area contributed by atoms with E-state index in [0.717, 1.165) is 19.4 Å². The fraction of sp³-hybridized carbons (Fsp3) is 0.667. The van der Waals surface area contributed by atoms with Gasteiger partial charge in [-0.3, -0.25) is 0 Å². The normalized spacial score (nSPS) is 26.8. The molecule has 1 rings (SSSR count). The summed E-state index contributed by atoms with van der Waals surface area (Å²) in [5, 5.41) is 8.53. The van der Waals surface area contributed by atoms with Gasteiger partial charge < -0.3 is 9.84 Å². The van der Waals surface area contributed by atoms with Crippen LogP contribution in [0.15, 0.2) is 12.2 Å². The Kier molecular flexibility index (Phi) is 2.52. The van der Waals surface area contributed by atoms with Crippen molar-refractivity contribution in [1.29, 1.82) is 0 Å². The third-order valence-electron chi connectivity index (χ3n) is 2.38. The van der Waals surface area contributed by atoms with E-state index in [2.05, 4.69) is 13.5 Å². The first-order valence-electron chi connectivity index (χ1n) is 4.15. The summed E-state index contributed by atoms with van der Waals surface area (Å²) < 4.78 is 5.24. The van der Waals surface area contributed by atoms with Crippen molar-refractivity contribution >= 4 is 5.97 Å². The molecule has 0 aromatic carbocycles. The van der Waals surface area contributed by atoms with Crippen LogP contribution in [0.2, 0.25) is 0 Å². The largest absolute Gasteiger partial charge is 0.478 e. The Morgan fingerprint density at radius 1 is 1.75 bits per heavy atom. The summed E-state index contributed by atoms with van der Waals surface area (Å²) in [7, 11) is 0. The molecule has 1 saturated heterocycles. The zero-order chi connectivity index (χ0) is 9.19. The van der Waals surface area contributed by atoms with E-state index in [9.17, 15) is 4.79 Å². The molecular weight excluding hydrogens is 156 g/mol. The van der Waals surface area contributed by atoms with Crippen LogP contribution in [0, 0.1) is 0 Å². The lowest BCUT2D eigenvalue weighted by molar-refractivity contribution is -0.132. The Hall–Kier alpha value is -0.830. The Labute approximate surface area is 72.0 Å². The molecule has 0 amide bonds. The van der Waals surface area contributed by atoms with Crippen molar-refractivity contribution in [1.82, 2.24) is 0 Å². The Balaban J connectivity index is 2.26. The van der Waals surface area contributed by atoms with Gasteiger partial charge in [-0.05, 0) is 19.3 Å². The highest BCUT2D eigenvalue weighted by molar-refractivity contribution is 5.85. The monoisotopic (exact) mass is 170 g/mol. The van der Waals surface area contributed by atoms with Gasteiger partial charge in [0.05, 0.1) is 12.2 Å². The van der Waals surface area contributed by atoms with Gasteiger partial charge in [0, 0.05) is 5.57 Å². The lowest BCUT2D eigenvalue weighted by atomic mass is 9.99. The molecule has 0 bridgehead atoms. The van der Waals surface area contributed by atoms with Crippen LogP contribution in [0.25, 0.3) is 0 Å². The Morgan fingerprint density at radius 3 is 2.67 bits per heavy atom. The second-order valence-corrected chi connectivity index (χ2v) is 3.23. The fourth-order valence-corrected chi connectivity index (χ4v) is 1.11. The molecular formula is C9H14O3. The van der Waals surface area contributed by atoms with Gasteiger partial charge in [-0.2, -0.15) is 0 Å². The van der Waals surface area contributed by atoms with Gasteiger partial charge in [0.15, 0.2) is 0 Å². The van der Waals surface area contributed by atoms with Crippen LogP contribution in [0.5, 0.6) is 0 Å². The number of aliphatic carboxylic acids is 1. The number of hydrogen-bond donors (Lipinski definition) is 1. The first kappa shape index (κ1) is 9.26. The van der Waals surface area contributed by atoms with E-state index in [1.165, 1.54) is 0 Å². The minimum Gasteiger partial charge on any atom is -0.478 e. The number of carboxylic acids is 1. The molecule has 0 aliphatic carbocycles. The molecule has 1 aliphatic heterocycles. The van der Waals surface area contributed by atoms with Crippen LogP contribution < -0.4 is 0 Å². The first-order valence-corrected chi connectivity index (χ1v) is 4.15. The molecule has 1 heterocycles. The maximum atomic E-state index is 10.4. The third kappa shape index (κ3) is 2.08. The molecule has 0 aromatic rings. The van der Waals surface area contributed by atoms with Gasteiger partial charge in [-0.15, -0.1) is 0 Å². The molecule has 1 N–H and O–H groups in total. The van der Waals surface area contributed by atoms with Crippen molar-refractivity contribution in [2.45, 2.75) is 31.8 Å². The van der Waals surface area contributed by atoms with Crippen LogP contribution in [-0.2, 0) is 9.53 Å². The maximum Gasteiger partial charge on any atom is 0.330 e. The number of rotatable bonds is 5. The van der Waals surface area contributed by atoms with Crippen LogP contribution in [0.1, 0.15) is 26.2 Å². The van der Waals surface area contributed by atoms with Gasteiger partial charge in [-0.25, -0.2) is 4.79 Å². The lowest BCUT2D eigenvalue weighted by Crippen LogP contribution is -2.11. The molecule has 1 unspecified atom stereocenters. The SMILES string of the molecule is C=C(CCC1(CC)CO1)C(=O)O. The van der Waals surface area contributed by atoms with Gasteiger partial charge in [0.1, 0.15) is 0 Å². The number of carboxylic acid groups (broad SMARTS) is 1. The van der Waals surface area contributed by atoms with Crippen molar-refractivity contribution in [3.8, 4) is 0 Å². The van der Waals surface area contributed by atoms with Crippen molar-refractivity contribution in [3.63, 3.8) is 0 Å². The number of epoxide rings is 1. The predicted octanol–water partition coefficient (Wildman–Crippen LogP) is 1.59. The summed E-state index contributed by atoms with van der Waals surface area (Å²) in [5.74, 6) is -0.901. The number of carbonyl (C=O) groups is 1. The molecule has 68 valence electrons. The minimum atomic E-state index is -0.901. The Morgan fingerprint density at radius 2 is 2.33 bits per heavy atom. The maximum absolute atomic E-state index is 10.4. The molecule has 0 aromatic heterocycles. The summed E-state index contributed by atoms with van der Waals surface area (Å²) in [6.07, 6.45) is 2.28.